The zero-order valence-electron chi connectivity index (χ0n) is 24.9. The van der Waals surface area contributed by atoms with E-state index in [9.17, 15) is 4.79 Å². The number of nitrogens with one attached hydrogen (secondary N) is 6. The van der Waals surface area contributed by atoms with Crippen LogP contribution in [0, 0.1) is 0 Å². The molecule has 0 aromatic rings. The van der Waals surface area contributed by atoms with Crippen LogP contribution in [-0.4, -0.2) is 43.5 Å². The molecule has 0 fully saturated rings. The van der Waals surface area contributed by atoms with Gasteiger partial charge in [-0.1, -0.05) is 115 Å². The number of hydrogen-bond donors (Lipinski definition) is 7. The molecular weight excluding hydrogens is 492 g/mol. The summed E-state index contributed by atoms with van der Waals surface area (Å²) < 4.78 is 5.79. The van der Waals surface area contributed by atoms with E-state index in [0.29, 0.717) is 13.1 Å². The molecule has 0 saturated heterocycles. The third kappa shape index (κ3) is 26.7. The van der Waals surface area contributed by atoms with E-state index >= 15 is 0 Å². The molecule has 1 rings (SSSR count). The molecule has 230 valence electrons. The zero-order chi connectivity index (χ0) is 27.9. The average molecular weight is 555 g/mol. The highest BCUT2D eigenvalue weighted by molar-refractivity contribution is 5.67. The molecule has 0 aromatic heterocycles. The van der Waals surface area contributed by atoms with Gasteiger partial charge in [0, 0.05) is 32.7 Å². The Morgan fingerprint density at radius 3 is 1.92 bits per heavy atom. The number of unbranched alkanes of at least 4 members (excludes halogenated alkanes) is 5. The normalized spacial score (nSPS) is 22.0. The summed E-state index contributed by atoms with van der Waals surface area (Å²) in [6.07, 6.45) is 30.0. The Morgan fingerprint density at radius 2 is 1.26 bits per heavy atom. The number of aliphatic hydroxyl groups is 1. The lowest BCUT2D eigenvalue weighted by Gasteiger charge is -2.17. The number of carbonyl (C=O) groups is 1. The van der Waals surface area contributed by atoms with Crippen LogP contribution in [0.4, 0.5) is 4.79 Å². The summed E-state index contributed by atoms with van der Waals surface area (Å²) in [4.78, 5) is 12.4. The minimum atomic E-state index is -0.295. The molecule has 39 heavy (non-hydrogen) atoms. The number of alkyl carbamates (subject to hydrolysis) is 1. The maximum atomic E-state index is 12.4. The molecule has 9 nitrogen and oxygen atoms in total. The van der Waals surface area contributed by atoms with Crippen molar-refractivity contribution >= 4 is 6.09 Å². The molecule has 0 spiro atoms. The maximum absolute atomic E-state index is 12.4. The van der Waals surface area contributed by atoms with Gasteiger partial charge in [0.2, 0.25) is 0 Å². The highest BCUT2D eigenvalue weighted by Crippen LogP contribution is 2.16. The van der Waals surface area contributed by atoms with Crippen LogP contribution in [0.5, 0.6) is 0 Å². The highest BCUT2D eigenvalue weighted by Gasteiger charge is 2.12. The molecule has 0 saturated carbocycles. The van der Waals surface area contributed by atoms with Crippen LogP contribution >= 0.6 is 0 Å². The van der Waals surface area contributed by atoms with E-state index < -0.39 is 0 Å². The summed E-state index contributed by atoms with van der Waals surface area (Å²) in [5, 5.41) is 11.8. The van der Waals surface area contributed by atoms with Crippen LogP contribution in [0.1, 0.15) is 141 Å². The van der Waals surface area contributed by atoms with Crippen LogP contribution in [0.2, 0.25) is 0 Å². The second-order valence-electron chi connectivity index (χ2n) is 10.9. The van der Waals surface area contributed by atoms with Gasteiger partial charge in [0.05, 0.1) is 0 Å². The van der Waals surface area contributed by atoms with Gasteiger partial charge in [-0.05, 0) is 32.1 Å². The minimum absolute atomic E-state index is 0.0877. The van der Waals surface area contributed by atoms with Crippen LogP contribution in [0.3, 0.4) is 0 Å². The second-order valence-corrected chi connectivity index (χ2v) is 10.9. The summed E-state index contributed by atoms with van der Waals surface area (Å²) in [6, 6.07) is 0. The number of aliphatic hydroxyl groups excluding tert-OH is 1. The fourth-order valence-corrected chi connectivity index (χ4v) is 4.88. The first-order valence-corrected chi connectivity index (χ1v) is 16.2. The van der Waals surface area contributed by atoms with Gasteiger partial charge in [-0.2, -0.15) is 16.6 Å². The Bertz CT molecular complexity index is 553. The molecule has 0 radical (unpaired) electrons. The van der Waals surface area contributed by atoms with Crippen LogP contribution in [0.25, 0.3) is 0 Å². The Morgan fingerprint density at radius 1 is 0.692 bits per heavy atom. The molecule has 9 heteroatoms. The Hall–Kier alpha value is -1.23. The third-order valence-corrected chi connectivity index (χ3v) is 7.29. The van der Waals surface area contributed by atoms with E-state index in [1.165, 1.54) is 83.5 Å². The Labute approximate surface area is 239 Å². The van der Waals surface area contributed by atoms with Crippen LogP contribution < -0.4 is 32.8 Å². The predicted molar refractivity (Wildman–Crippen MR) is 161 cm³/mol. The third-order valence-electron chi connectivity index (χ3n) is 7.29. The molecule has 1 aliphatic heterocycles. The molecule has 1 aliphatic rings. The summed E-state index contributed by atoms with van der Waals surface area (Å²) in [5.41, 5.74) is 15.0. The summed E-state index contributed by atoms with van der Waals surface area (Å²) in [5.74, 6) is 0. The van der Waals surface area contributed by atoms with Crippen molar-refractivity contribution in [1.29, 1.82) is 0 Å². The van der Waals surface area contributed by atoms with Gasteiger partial charge < -0.3 is 15.2 Å². The summed E-state index contributed by atoms with van der Waals surface area (Å²) in [6.45, 7) is 2.54. The fraction of sp³-hybridized carbons (Fsp3) is 0.900. The predicted octanol–water partition coefficient (Wildman–Crippen LogP) is 5.83. The minimum Gasteiger partial charge on any atom is -0.446 e. The molecule has 1 atom stereocenters. The van der Waals surface area contributed by atoms with Crippen molar-refractivity contribution in [2.45, 2.75) is 147 Å². The van der Waals surface area contributed by atoms with Crippen LogP contribution in [0.15, 0.2) is 12.2 Å². The van der Waals surface area contributed by atoms with E-state index in [-0.39, 0.29) is 18.8 Å². The van der Waals surface area contributed by atoms with Crippen LogP contribution in [-0.2, 0) is 4.74 Å². The monoisotopic (exact) mass is 554 g/mol. The number of hydrazine groups is 4. The lowest BCUT2D eigenvalue weighted by atomic mass is 10.0. The van der Waals surface area contributed by atoms with Gasteiger partial charge in [0.1, 0.15) is 6.10 Å². The fourth-order valence-electron chi connectivity index (χ4n) is 4.88. The van der Waals surface area contributed by atoms with Gasteiger partial charge in [-0.3, -0.25) is 0 Å². The molecule has 1 amide bonds. The van der Waals surface area contributed by atoms with E-state index in [1.54, 1.807) is 0 Å². The van der Waals surface area contributed by atoms with E-state index in [4.69, 9.17) is 9.84 Å². The number of rotatable bonds is 9. The molecule has 0 aliphatic carbocycles. The highest BCUT2D eigenvalue weighted by atomic mass is 16.6. The quantitative estimate of drug-likeness (QED) is 0.140. The zero-order valence-corrected chi connectivity index (χ0v) is 24.9. The van der Waals surface area contributed by atoms with Crippen molar-refractivity contribution in [3.63, 3.8) is 0 Å². The van der Waals surface area contributed by atoms with Crippen molar-refractivity contribution in [3.05, 3.63) is 12.2 Å². The maximum Gasteiger partial charge on any atom is 0.407 e. The number of hydrogen-bond acceptors (Lipinski definition) is 8. The first kappa shape index (κ1) is 35.8. The topological polar surface area (TPSA) is 119 Å². The second kappa shape index (κ2) is 29.7. The van der Waals surface area contributed by atoms with Crippen molar-refractivity contribution in [1.82, 2.24) is 32.8 Å². The smallest absolute Gasteiger partial charge is 0.407 e. The molecule has 0 aromatic carbocycles. The number of carbonyl (C=O) groups excluding carboxylic acids is 1. The van der Waals surface area contributed by atoms with Crippen molar-refractivity contribution < 1.29 is 14.6 Å². The Kier molecular flexibility index (Phi) is 27.3. The van der Waals surface area contributed by atoms with Crippen molar-refractivity contribution in [2.75, 3.05) is 26.2 Å². The number of amides is 1. The van der Waals surface area contributed by atoms with Gasteiger partial charge in [-0.15, -0.1) is 0 Å². The molecule has 0 bridgehead atoms. The molecule has 7 N–H and O–H groups in total. The summed E-state index contributed by atoms with van der Waals surface area (Å²) >= 11 is 0. The SMILES string of the molecule is O=C(NCCCCCCCCO)OC1C/C=C\CNNNNNCCCCCCCCCCCCCCCC1. The summed E-state index contributed by atoms with van der Waals surface area (Å²) in [7, 11) is 0. The van der Waals surface area contributed by atoms with E-state index in [2.05, 4.69) is 44.9 Å². The lowest BCUT2D eigenvalue weighted by molar-refractivity contribution is 0.0922. The van der Waals surface area contributed by atoms with Crippen molar-refractivity contribution in [3.8, 4) is 0 Å². The van der Waals surface area contributed by atoms with E-state index in [0.717, 1.165) is 64.3 Å². The largest absolute Gasteiger partial charge is 0.446 e. The molecule has 1 heterocycles. The van der Waals surface area contributed by atoms with Gasteiger partial charge in [0.25, 0.3) is 0 Å². The van der Waals surface area contributed by atoms with Gasteiger partial charge >= 0.3 is 6.09 Å². The van der Waals surface area contributed by atoms with Gasteiger partial charge in [0.15, 0.2) is 0 Å². The van der Waals surface area contributed by atoms with Crippen molar-refractivity contribution in [2.24, 2.45) is 0 Å². The first-order chi connectivity index (χ1) is 19.3. The van der Waals surface area contributed by atoms with Gasteiger partial charge in [-0.25, -0.2) is 15.6 Å². The number of ether oxygens (including phenoxy) is 1. The average Bonchev–Trinajstić information content (AvgIpc) is 2.93. The molecule has 1 unspecified atom stereocenters. The molecular formula is C30H62N6O3. The van der Waals surface area contributed by atoms with E-state index in [1.807, 2.05) is 0 Å². The Balaban J connectivity index is 2.32. The lowest BCUT2D eigenvalue weighted by Crippen LogP contribution is -2.55. The standard InChI is InChI=1S/C30H62N6O3/c37-28-22-16-12-11-14-19-25-31-30(38)39-29-23-17-13-9-7-5-3-1-2-4-6-8-10-15-20-26-32-34-36-35-33-27-21-18-24-29/h18,21,29,32-37H,1-17,19-20,22-28H2,(H,31,38)/b21-18-. The first-order valence-electron chi connectivity index (χ1n) is 16.2.